The van der Waals surface area contributed by atoms with Crippen molar-refractivity contribution in [3.8, 4) is 11.5 Å². The van der Waals surface area contributed by atoms with E-state index in [-0.39, 0.29) is 12.7 Å². The zero-order valence-corrected chi connectivity index (χ0v) is 10.7. The molecule has 0 saturated carbocycles. The lowest BCUT2D eigenvalue weighted by atomic mass is 10.2. The Bertz CT molecular complexity index is 432. The van der Waals surface area contributed by atoms with Crippen molar-refractivity contribution in [2.45, 2.75) is 12.8 Å². The second-order valence-electron chi connectivity index (χ2n) is 4.39. The lowest BCUT2D eigenvalue weighted by molar-refractivity contribution is -0.128. The number of nitrogens with zero attached hydrogens (tertiary/aromatic N) is 1. The number of hydrogen-bond acceptors (Lipinski definition) is 4. The molecule has 1 amide bonds. The molecule has 1 heterocycles. The first kappa shape index (κ1) is 12.5. The minimum atomic E-state index is 0.155. The van der Waals surface area contributed by atoms with Gasteiger partial charge in [-0.2, -0.15) is 0 Å². The van der Waals surface area contributed by atoms with E-state index in [2.05, 4.69) is 5.32 Å². The maximum atomic E-state index is 11.4. The molecule has 0 aromatic heterocycles. The Morgan fingerprint density at radius 3 is 2.89 bits per heavy atom. The first-order chi connectivity index (χ1) is 8.66. The molecule has 0 aliphatic carbocycles. The molecule has 1 N–H and O–H groups in total. The number of fused-ring (bicyclic) bond motifs is 1. The molecule has 1 aliphatic heterocycles. The van der Waals surface area contributed by atoms with Gasteiger partial charge in [0.2, 0.25) is 12.7 Å². The fourth-order valence-electron chi connectivity index (χ4n) is 1.70. The number of carbonyl (C=O) groups excluding carboxylic acids is 1. The lowest BCUT2D eigenvalue weighted by Crippen LogP contribution is -2.21. The molecule has 0 spiro atoms. The Balaban J connectivity index is 1.75. The monoisotopic (exact) mass is 250 g/mol. The molecule has 5 heteroatoms. The Morgan fingerprint density at radius 2 is 2.11 bits per heavy atom. The number of benzene rings is 1. The van der Waals surface area contributed by atoms with Crippen LogP contribution in [0.1, 0.15) is 12.8 Å². The van der Waals surface area contributed by atoms with Gasteiger partial charge in [0.15, 0.2) is 11.5 Å². The zero-order valence-electron chi connectivity index (χ0n) is 10.7. The topological polar surface area (TPSA) is 50.8 Å². The van der Waals surface area contributed by atoms with Crippen molar-refractivity contribution in [2.24, 2.45) is 0 Å². The van der Waals surface area contributed by atoms with E-state index < -0.39 is 0 Å². The van der Waals surface area contributed by atoms with Gasteiger partial charge in [-0.15, -0.1) is 0 Å². The zero-order chi connectivity index (χ0) is 13.0. The minimum Gasteiger partial charge on any atom is -0.454 e. The van der Waals surface area contributed by atoms with E-state index in [9.17, 15) is 4.79 Å². The van der Waals surface area contributed by atoms with E-state index in [0.717, 1.165) is 30.2 Å². The van der Waals surface area contributed by atoms with Gasteiger partial charge in [0.1, 0.15) is 0 Å². The van der Waals surface area contributed by atoms with E-state index in [0.29, 0.717) is 6.42 Å². The van der Waals surface area contributed by atoms with Crippen molar-refractivity contribution < 1.29 is 14.3 Å². The van der Waals surface area contributed by atoms with Crippen molar-refractivity contribution in [1.29, 1.82) is 0 Å². The molecule has 0 unspecified atom stereocenters. The van der Waals surface area contributed by atoms with Crippen molar-refractivity contribution in [2.75, 3.05) is 32.7 Å². The van der Waals surface area contributed by atoms with Gasteiger partial charge in [0.25, 0.3) is 0 Å². The highest BCUT2D eigenvalue weighted by atomic mass is 16.7. The number of carbonyl (C=O) groups is 1. The van der Waals surface area contributed by atoms with Gasteiger partial charge in [-0.3, -0.25) is 4.79 Å². The minimum absolute atomic E-state index is 0.155. The molecule has 1 aliphatic rings. The summed E-state index contributed by atoms with van der Waals surface area (Å²) < 4.78 is 10.5. The maximum Gasteiger partial charge on any atom is 0.231 e. The third kappa shape index (κ3) is 3.06. The van der Waals surface area contributed by atoms with Gasteiger partial charge in [-0.05, 0) is 18.6 Å². The van der Waals surface area contributed by atoms with Crippen LogP contribution in [-0.2, 0) is 4.79 Å². The Labute approximate surface area is 107 Å². The third-order valence-corrected chi connectivity index (χ3v) is 2.77. The van der Waals surface area contributed by atoms with Crippen molar-refractivity contribution >= 4 is 11.6 Å². The summed E-state index contributed by atoms with van der Waals surface area (Å²) in [5.74, 6) is 1.70. The van der Waals surface area contributed by atoms with Crippen molar-refractivity contribution in [1.82, 2.24) is 4.90 Å². The summed E-state index contributed by atoms with van der Waals surface area (Å²) in [6.45, 7) is 1.05. The maximum absolute atomic E-state index is 11.4. The standard InChI is InChI=1S/C13H18N2O3/c1-15(2)13(16)4-3-7-14-10-5-6-11-12(8-10)18-9-17-11/h5-6,8,14H,3-4,7,9H2,1-2H3. The smallest absolute Gasteiger partial charge is 0.231 e. The van der Waals surface area contributed by atoms with Crippen LogP contribution in [0.5, 0.6) is 11.5 Å². The highest BCUT2D eigenvalue weighted by Gasteiger charge is 2.12. The van der Waals surface area contributed by atoms with Crippen LogP contribution in [0.25, 0.3) is 0 Å². The highest BCUT2D eigenvalue weighted by molar-refractivity contribution is 5.75. The molecule has 0 bridgehead atoms. The molecule has 5 nitrogen and oxygen atoms in total. The summed E-state index contributed by atoms with van der Waals surface area (Å²) in [6.07, 6.45) is 1.37. The number of anilines is 1. The predicted molar refractivity (Wildman–Crippen MR) is 69.0 cm³/mol. The summed E-state index contributed by atoms with van der Waals surface area (Å²) >= 11 is 0. The molecule has 98 valence electrons. The van der Waals surface area contributed by atoms with Crippen LogP contribution in [0.2, 0.25) is 0 Å². The summed E-state index contributed by atoms with van der Waals surface area (Å²) in [5.41, 5.74) is 0.983. The molecule has 0 fully saturated rings. The highest BCUT2D eigenvalue weighted by Crippen LogP contribution is 2.34. The van der Waals surface area contributed by atoms with Gasteiger partial charge in [-0.25, -0.2) is 0 Å². The molecule has 18 heavy (non-hydrogen) atoms. The van der Waals surface area contributed by atoms with Gasteiger partial charge in [0, 0.05) is 38.8 Å². The number of hydrogen-bond donors (Lipinski definition) is 1. The first-order valence-electron chi connectivity index (χ1n) is 6.00. The molecule has 0 saturated heterocycles. The first-order valence-corrected chi connectivity index (χ1v) is 6.00. The van der Waals surface area contributed by atoms with Gasteiger partial charge >= 0.3 is 0 Å². The second kappa shape index (κ2) is 5.62. The molecule has 1 aromatic carbocycles. The van der Waals surface area contributed by atoms with Gasteiger partial charge < -0.3 is 19.7 Å². The molecule has 0 atom stereocenters. The van der Waals surface area contributed by atoms with Crippen LogP contribution in [0.4, 0.5) is 5.69 Å². The fourth-order valence-corrected chi connectivity index (χ4v) is 1.70. The lowest BCUT2D eigenvalue weighted by Gasteiger charge is -2.10. The average molecular weight is 250 g/mol. The van der Waals surface area contributed by atoms with Crippen molar-refractivity contribution in [3.05, 3.63) is 18.2 Å². The number of amides is 1. The Hall–Kier alpha value is -1.91. The largest absolute Gasteiger partial charge is 0.454 e. The third-order valence-electron chi connectivity index (χ3n) is 2.77. The van der Waals surface area contributed by atoms with Crippen LogP contribution >= 0.6 is 0 Å². The number of ether oxygens (including phenoxy) is 2. The van der Waals surface area contributed by atoms with E-state index in [1.165, 1.54) is 0 Å². The van der Waals surface area contributed by atoms with E-state index in [1.807, 2.05) is 18.2 Å². The summed E-state index contributed by atoms with van der Waals surface area (Å²) in [7, 11) is 3.54. The average Bonchev–Trinajstić information content (AvgIpc) is 2.81. The molecule has 1 aromatic rings. The second-order valence-corrected chi connectivity index (χ2v) is 4.39. The van der Waals surface area contributed by atoms with Crippen LogP contribution < -0.4 is 14.8 Å². The normalized spacial score (nSPS) is 12.3. The molecule has 2 rings (SSSR count). The fraction of sp³-hybridized carbons (Fsp3) is 0.462. The van der Waals surface area contributed by atoms with Crippen LogP contribution in [-0.4, -0.2) is 38.2 Å². The quantitative estimate of drug-likeness (QED) is 0.808. The molecular weight excluding hydrogens is 232 g/mol. The summed E-state index contributed by atoms with van der Waals surface area (Å²) in [6, 6.07) is 5.74. The van der Waals surface area contributed by atoms with Gasteiger partial charge in [-0.1, -0.05) is 0 Å². The van der Waals surface area contributed by atoms with Crippen LogP contribution in [0.15, 0.2) is 18.2 Å². The van der Waals surface area contributed by atoms with Crippen LogP contribution in [0.3, 0.4) is 0 Å². The van der Waals surface area contributed by atoms with Gasteiger partial charge in [0.05, 0.1) is 0 Å². The van der Waals surface area contributed by atoms with E-state index >= 15 is 0 Å². The Kier molecular flexibility index (Phi) is 3.92. The Morgan fingerprint density at radius 1 is 1.33 bits per heavy atom. The molecular formula is C13H18N2O3. The van der Waals surface area contributed by atoms with E-state index in [4.69, 9.17) is 9.47 Å². The summed E-state index contributed by atoms with van der Waals surface area (Å²) in [5, 5.41) is 3.26. The SMILES string of the molecule is CN(C)C(=O)CCCNc1ccc2c(c1)OCO2. The summed E-state index contributed by atoms with van der Waals surface area (Å²) in [4.78, 5) is 13.0. The predicted octanol–water partition coefficient (Wildman–Crippen LogP) is 1.70. The van der Waals surface area contributed by atoms with Crippen LogP contribution in [0, 0.1) is 0 Å². The number of nitrogens with one attached hydrogen (secondary N) is 1. The number of rotatable bonds is 5. The molecule has 0 radical (unpaired) electrons. The van der Waals surface area contributed by atoms with Crippen molar-refractivity contribution in [3.63, 3.8) is 0 Å². The van der Waals surface area contributed by atoms with E-state index in [1.54, 1.807) is 19.0 Å².